The molecule has 0 aromatic rings. The van der Waals surface area contributed by atoms with E-state index in [1.165, 1.54) is 38.0 Å². The monoisotopic (exact) mass is 624 g/mol. The first-order valence-corrected chi connectivity index (χ1v) is 23.4. The van der Waals surface area contributed by atoms with Gasteiger partial charge in [0.05, 0.1) is 0 Å². The van der Waals surface area contributed by atoms with E-state index in [1.54, 1.807) is 0 Å². The molecule has 0 aromatic heterocycles. The summed E-state index contributed by atoms with van der Waals surface area (Å²) in [5, 5.41) is 1.77. The van der Waals surface area contributed by atoms with E-state index in [9.17, 15) is 0 Å². The number of unbranched alkanes of at least 4 members (excludes halogenated alkanes) is 2. The summed E-state index contributed by atoms with van der Waals surface area (Å²) in [5.41, 5.74) is 0. The maximum absolute atomic E-state index is 2.69. The van der Waals surface area contributed by atoms with Crippen LogP contribution in [0.2, 0.25) is 0 Å². The molecular formula is C32H72P2Pd. The third-order valence-corrected chi connectivity index (χ3v) is 64.2. The van der Waals surface area contributed by atoms with Gasteiger partial charge in [-0.1, -0.05) is 0 Å². The molecule has 0 rings (SSSR count). The second-order valence-electron chi connectivity index (χ2n) is 17.5. The molecule has 0 aliphatic rings. The van der Waals surface area contributed by atoms with Crippen LogP contribution in [0.3, 0.4) is 0 Å². The van der Waals surface area contributed by atoms with E-state index >= 15 is 0 Å². The molecular weight excluding hydrogens is 553 g/mol. The van der Waals surface area contributed by atoms with Crippen LogP contribution in [0.4, 0.5) is 0 Å². The van der Waals surface area contributed by atoms with E-state index in [4.69, 9.17) is 0 Å². The summed E-state index contributed by atoms with van der Waals surface area (Å²) in [5.74, 6) is 0. The Labute approximate surface area is 233 Å². The summed E-state index contributed by atoms with van der Waals surface area (Å²) in [4.78, 5) is -4.97. The third-order valence-electron chi connectivity index (χ3n) is 10.3. The molecule has 0 amide bonds. The first kappa shape index (κ1) is 36.5. The molecule has 0 radical (unpaired) electrons. The molecule has 0 saturated heterocycles. The van der Waals surface area contributed by atoms with E-state index in [0.29, 0.717) is 30.9 Å². The minimum atomic E-state index is -2.49. The molecule has 0 N–H and O–H groups in total. The van der Waals surface area contributed by atoms with Crippen LogP contribution < -0.4 is 0 Å². The van der Waals surface area contributed by atoms with E-state index in [2.05, 4.69) is 138 Å². The van der Waals surface area contributed by atoms with Crippen LogP contribution in [-0.2, 0) is 17.0 Å². The van der Waals surface area contributed by atoms with Gasteiger partial charge in [0, 0.05) is 0 Å². The Morgan fingerprint density at radius 1 is 0.371 bits per heavy atom. The molecule has 0 nitrogen and oxygen atoms in total. The van der Waals surface area contributed by atoms with E-state index in [-0.39, 0.29) is 0 Å². The third kappa shape index (κ3) is 4.56. The maximum atomic E-state index is 2.69. The molecule has 0 heterocycles. The van der Waals surface area contributed by atoms with Crippen molar-refractivity contribution in [1.29, 1.82) is 0 Å². The van der Waals surface area contributed by atoms with Gasteiger partial charge in [0.1, 0.15) is 0 Å². The molecule has 0 saturated carbocycles. The molecule has 0 aliphatic heterocycles. The second-order valence-corrected chi connectivity index (χ2v) is 43.4. The molecule has 0 spiro atoms. The molecule has 0 aliphatic carbocycles. The molecule has 0 unspecified atom stereocenters. The average Bonchev–Trinajstić information content (AvgIpc) is 2.54. The first-order valence-electron chi connectivity index (χ1n) is 14.7. The quantitative estimate of drug-likeness (QED) is 0.186. The Kier molecular flexibility index (Phi) is 10.6. The molecule has 0 aromatic carbocycles. The molecule has 0 fully saturated rings. The predicted molar refractivity (Wildman–Crippen MR) is 172 cm³/mol. The molecule has 35 heavy (non-hydrogen) atoms. The van der Waals surface area contributed by atoms with Gasteiger partial charge >= 0.3 is 234 Å². The van der Waals surface area contributed by atoms with Crippen molar-refractivity contribution >= 4 is 9.59 Å². The zero-order valence-electron chi connectivity index (χ0n) is 28.5. The van der Waals surface area contributed by atoms with Gasteiger partial charge in [-0.25, -0.2) is 0 Å². The van der Waals surface area contributed by atoms with Crippen LogP contribution in [-0.4, -0.2) is 43.3 Å². The fraction of sp³-hybridized carbons (Fsp3) is 1.00. The van der Waals surface area contributed by atoms with Crippen molar-refractivity contribution in [1.82, 2.24) is 0 Å². The van der Waals surface area contributed by atoms with Gasteiger partial charge in [0.25, 0.3) is 0 Å². The number of rotatable bonds is 8. The van der Waals surface area contributed by atoms with E-state index in [0.717, 1.165) is 17.0 Å². The van der Waals surface area contributed by atoms with Crippen molar-refractivity contribution in [3.8, 4) is 0 Å². The van der Waals surface area contributed by atoms with E-state index < -0.39 is 9.59 Å². The zero-order valence-corrected chi connectivity index (χ0v) is 31.8. The Morgan fingerprint density at radius 2 is 0.543 bits per heavy atom. The topological polar surface area (TPSA) is 0 Å². The Bertz CT molecular complexity index is 566. The second kappa shape index (κ2) is 10.2. The van der Waals surface area contributed by atoms with Gasteiger partial charge in [-0.15, -0.1) is 0 Å². The van der Waals surface area contributed by atoms with Crippen LogP contribution in [0.1, 0.15) is 164 Å². The Morgan fingerprint density at radius 3 is 0.657 bits per heavy atom. The normalized spacial score (nSPS) is 18.2. The summed E-state index contributed by atoms with van der Waals surface area (Å²) in [6.45, 7) is 53.3. The molecule has 3 heteroatoms. The molecule has 0 bridgehead atoms. The van der Waals surface area contributed by atoms with Crippen LogP contribution in [0.15, 0.2) is 0 Å². The van der Waals surface area contributed by atoms with Gasteiger partial charge in [0.15, 0.2) is 0 Å². The van der Waals surface area contributed by atoms with Crippen molar-refractivity contribution in [3.05, 3.63) is 0 Å². The fourth-order valence-corrected chi connectivity index (χ4v) is 78.4. The van der Waals surface area contributed by atoms with Crippen molar-refractivity contribution < 1.29 is 17.0 Å². The minimum absolute atomic E-state index is 0.294. The van der Waals surface area contributed by atoms with Crippen molar-refractivity contribution in [2.75, 3.05) is 12.3 Å². The van der Waals surface area contributed by atoms with E-state index in [1.807, 2.05) is 0 Å². The van der Waals surface area contributed by atoms with Gasteiger partial charge < -0.3 is 0 Å². The van der Waals surface area contributed by atoms with Crippen LogP contribution in [0, 0.1) is 0 Å². The molecule has 0 atom stereocenters. The average molecular weight is 625 g/mol. The fourth-order valence-electron chi connectivity index (χ4n) is 9.88. The van der Waals surface area contributed by atoms with Gasteiger partial charge in [-0.3, -0.25) is 0 Å². The first-order chi connectivity index (χ1) is 15.0. The summed E-state index contributed by atoms with van der Waals surface area (Å²) in [7, 11) is 0. The number of hydrogen-bond acceptors (Lipinski definition) is 0. The summed E-state index contributed by atoms with van der Waals surface area (Å²) in [6.07, 6.45) is 8.28. The summed E-state index contributed by atoms with van der Waals surface area (Å²) in [6, 6.07) is 0. The van der Waals surface area contributed by atoms with Gasteiger partial charge in [-0.05, 0) is 0 Å². The van der Waals surface area contributed by atoms with Crippen LogP contribution in [0.25, 0.3) is 0 Å². The summed E-state index contributed by atoms with van der Waals surface area (Å²) >= 11 is 0.749. The van der Waals surface area contributed by atoms with Gasteiger partial charge in [-0.2, -0.15) is 0 Å². The molecule has 220 valence electrons. The standard InChI is InChI=1S/2C16H36P.Pd/c2*1-11-12-13-17(14(2,3)4,15(5,6)7)16(8,9)10;/h2*11-13H2,1-10H3;/q2*+1;-2. The predicted octanol–water partition coefficient (Wildman–Crippen LogP) is 12.4. The van der Waals surface area contributed by atoms with Crippen LogP contribution in [0.5, 0.6) is 0 Å². The Balaban J connectivity index is 8.81. The zero-order chi connectivity index (χ0) is 28.8. The van der Waals surface area contributed by atoms with Crippen molar-refractivity contribution in [2.24, 2.45) is 0 Å². The van der Waals surface area contributed by atoms with Crippen molar-refractivity contribution in [2.45, 2.75) is 195 Å². The SMILES string of the molecule is CCCC[P]([Pd][P](CCCC)(C(C)(C)C)(C(C)(C)C)C(C)(C)C)(C(C)(C)C)(C(C)(C)C)C(C)(C)C. The van der Waals surface area contributed by atoms with Gasteiger partial charge in [0.2, 0.25) is 0 Å². The summed E-state index contributed by atoms with van der Waals surface area (Å²) < 4.78 is 0. The Hall–Kier alpha value is 1.52. The number of hydrogen-bond donors (Lipinski definition) is 0. The van der Waals surface area contributed by atoms with Crippen LogP contribution >= 0.6 is 9.59 Å². The van der Waals surface area contributed by atoms with Crippen molar-refractivity contribution in [3.63, 3.8) is 0 Å².